The minimum absolute atomic E-state index is 0.103. The number of aliphatic carboxylic acids is 1. The first-order valence-corrected chi connectivity index (χ1v) is 12.7. The van der Waals surface area contributed by atoms with Crippen molar-refractivity contribution in [2.24, 2.45) is 0 Å². The van der Waals surface area contributed by atoms with Crippen molar-refractivity contribution in [3.63, 3.8) is 0 Å². The molecule has 4 aromatic rings. The van der Waals surface area contributed by atoms with Gasteiger partial charge in [0.05, 0.1) is 11.3 Å². The second-order valence-corrected chi connectivity index (χ2v) is 9.47. The molecule has 0 spiro atoms. The van der Waals surface area contributed by atoms with Gasteiger partial charge in [-0.05, 0) is 46.5 Å². The first-order valence-electron chi connectivity index (χ1n) is 11.9. The van der Waals surface area contributed by atoms with Gasteiger partial charge < -0.3 is 15.7 Å². The predicted octanol–water partition coefficient (Wildman–Crippen LogP) is 6.19. The Balaban J connectivity index is 1.46. The minimum atomic E-state index is -1.16. The molecule has 190 valence electrons. The summed E-state index contributed by atoms with van der Waals surface area (Å²) in [5, 5.41) is 15.1. The molecule has 0 fully saturated rings. The predicted molar refractivity (Wildman–Crippen MR) is 153 cm³/mol. The lowest BCUT2D eigenvalue weighted by molar-refractivity contribution is -0.139. The molecule has 4 rings (SSSR count). The first kappa shape index (κ1) is 26.6. The lowest BCUT2D eigenvalue weighted by atomic mass is 10.0. The molecule has 0 heterocycles. The molecule has 4 aromatic carbocycles. The van der Waals surface area contributed by atoms with Crippen molar-refractivity contribution >= 4 is 45.5 Å². The second kappa shape index (κ2) is 12.7. The number of rotatable bonds is 9. The number of amides is 2. The van der Waals surface area contributed by atoms with Gasteiger partial charge in [-0.2, -0.15) is 0 Å². The summed E-state index contributed by atoms with van der Waals surface area (Å²) in [5.74, 6) is -2.18. The summed E-state index contributed by atoms with van der Waals surface area (Å²) in [6, 6.07) is 30.4. The minimum Gasteiger partial charge on any atom is -0.480 e. The van der Waals surface area contributed by atoms with Gasteiger partial charge in [-0.1, -0.05) is 101 Å². The third-order valence-corrected chi connectivity index (χ3v) is 6.31. The van der Waals surface area contributed by atoms with Gasteiger partial charge in [0.25, 0.3) is 5.91 Å². The molecular formula is C31H25BrN2O4. The zero-order valence-corrected chi connectivity index (χ0v) is 21.9. The van der Waals surface area contributed by atoms with E-state index in [1.54, 1.807) is 24.3 Å². The molecule has 38 heavy (non-hydrogen) atoms. The molecule has 0 aliphatic heterocycles. The Morgan fingerprint density at radius 3 is 2.11 bits per heavy atom. The zero-order chi connectivity index (χ0) is 26.9. The number of carboxylic acids is 1. The van der Waals surface area contributed by atoms with E-state index in [-0.39, 0.29) is 17.7 Å². The standard InChI is InChI=1S/C31H25BrN2O4/c32-25-16-17-27(33-29(35)18-13-21-7-3-1-4-8-21)26(20-25)30(36)34-28(31(37)38)19-22-11-14-24(15-12-22)23-9-5-2-6-10-23/h1-18,20,28H,19H2,(H,33,35)(H,34,36)(H,37,38)/b18-13+/t28-/m0/s1. The molecule has 7 heteroatoms. The van der Waals surface area contributed by atoms with Crippen LogP contribution in [0.25, 0.3) is 17.2 Å². The van der Waals surface area contributed by atoms with E-state index in [4.69, 9.17) is 0 Å². The van der Waals surface area contributed by atoms with Crippen molar-refractivity contribution in [3.05, 3.63) is 130 Å². The van der Waals surface area contributed by atoms with Crippen LogP contribution in [0.5, 0.6) is 0 Å². The maximum Gasteiger partial charge on any atom is 0.326 e. The number of carboxylic acid groups (broad SMARTS) is 1. The van der Waals surface area contributed by atoms with Gasteiger partial charge in [0.2, 0.25) is 5.91 Å². The van der Waals surface area contributed by atoms with Crippen molar-refractivity contribution < 1.29 is 19.5 Å². The topological polar surface area (TPSA) is 95.5 Å². The van der Waals surface area contributed by atoms with Gasteiger partial charge in [-0.15, -0.1) is 0 Å². The summed E-state index contributed by atoms with van der Waals surface area (Å²) in [4.78, 5) is 37.7. The summed E-state index contributed by atoms with van der Waals surface area (Å²) in [5.41, 5.74) is 4.12. The Hall–Kier alpha value is -4.49. The van der Waals surface area contributed by atoms with E-state index in [0.29, 0.717) is 4.47 Å². The third-order valence-electron chi connectivity index (χ3n) is 5.82. The van der Waals surface area contributed by atoms with Gasteiger partial charge in [0, 0.05) is 17.0 Å². The van der Waals surface area contributed by atoms with Gasteiger partial charge in [0.1, 0.15) is 6.04 Å². The van der Waals surface area contributed by atoms with E-state index in [1.165, 1.54) is 6.08 Å². The van der Waals surface area contributed by atoms with E-state index >= 15 is 0 Å². The molecule has 2 amide bonds. The Labute approximate surface area is 229 Å². The third kappa shape index (κ3) is 7.27. The molecule has 0 bridgehead atoms. The van der Waals surface area contributed by atoms with Crippen LogP contribution in [0.15, 0.2) is 114 Å². The Morgan fingerprint density at radius 2 is 1.45 bits per heavy atom. The molecule has 0 aliphatic carbocycles. The van der Waals surface area contributed by atoms with Crippen LogP contribution < -0.4 is 10.6 Å². The van der Waals surface area contributed by atoms with Crippen LogP contribution in [-0.4, -0.2) is 28.9 Å². The number of anilines is 1. The highest BCUT2D eigenvalue weighted by Crippen LogP contribution is 2.23. The Bertz CT molecular complexity index is 1450. The van der Waals surface area contributed by atoms with Crippen LogP contribution in [-0.2, 0) is 16.0 Å². The largest absolute Gasteiger partial charge is 0.480 e. The molecule has 0 radical (unpaired) electrons. The number of hydrogen-bond donors (Lipinski definition) is 3. The molecule has 0 unspecified atom stereocenters. The number of carbonyl (C=O) groups excluding carboxylic acids is 2. The fourth-order valence-electron chi connectivity index (χ4n) is 3.86. The van der Waals surface area contributed by atoms with Crippen molar-refractivity contribution in [3.8, 4) is 11.1 Å². The molecule has 0 aliphatic rings. The second-order valence-electron chi connectivity index (χ2n) is 8.55. The Kier molecular flexibility index (Phi) is 8.85. The van der Waals surface area contributed by atoms with Crippen LogP contribution in [0.4, 0.5) is 5.69 Å². The molecule has 0 saturated heterocycles. The summed E-state index contributed by atoms with van der Waals surface area (Å²) >= 11 is 3.34. The summed E-state index contributed by atoms with van der Waals surface area (Å²) in [6.45, 7) is 0. The average molecular weight is 569 g/mol. The molecular weight excluding hydrogens is 544 g/mol. The monoisotopic (exact) mass is 568 g/mol. The summed E-state index contributed by atoms with van der Waals surface area (Å²) in [6.07, 6.45) is 3.14. The molecule has 1 atom stereocenters. The van der Waals surface area contributed by atoms with Gasteiger partial charge in [0.15, 0.2) is 0 Å². The van der Waals surface area contributed by atoms with E-state index in [9.17, 15) is 19.5 Å². The average Bonchev–Trinajstić information content (AvgIpc) is 2.94. The fourth-order valence-corrected chi connectivity index (χ4v) is 4.22. The fraction of sp³-hybridized carbons (Fsp3) is 0.0645. The summed E-state index contributed by atoms with van der Waals surface area (Å²) in [7, 11) is 0. The molecule has 3 N–H and O–H groups in total. The maximum absolute atomic E-state index is 13.2. The van der Waals surface area contributed by atoms with Crippen LogP contribution in [0.3, 0.4) is 0 Å². The maximum atomic E-state index is 13.2. The SMILES string of the molecule is O=C(/C=C/c1ccccc1)Nc1ccc(Br)cc1C(=O)N[C@@H](Cc1ccc(-c2ccccc2)cc1)C(=O)O. The normalized spacial score (nSPS) is 11.6. The van der Waals surface area contributed by atoms with E-state index in [1.807, 2.05) is 84.9 Å². The van der Waals surface area contributed by atoms with Gasteiger partial charge in [-0.3, -0.25) is 9.59 Å². The highest BCUT2D eigenvalue weighted by molar-refractivity contribution is 9.10. The smallest absolute Gasteiger partial charge is 0.326 e. The number of halogens is 1. The van der Waals surface area contributed by atoms with Crippen LogP contribution in [0.1, 0.15) is 21.5 Å². The lowest BCUT2D eigenvalue weighted by Gasteiger charge is -2.17. The van der Waals surface area contributed by atoms with E-state index in [2.05, 4.69) is 26.6 Å². The van der Waals surface area contributed by atoms with Crippen LogP contribution in [0, 0.1) is 0 Å². The van der Waals surface area contributed by atoms with Crippen molar-refractivity contribution in [2.45, 2.75) is 12.5 Å². The van der Waals surface area contributed by atoms with E-state index in [0.717, 1.165) is 22.3 Å². The highest BCUT2D eigenvalue weighted by Gasteiger charge is 2.23. The zero-order valence-electron chi connectivity index (χ0n) is 20.3. The molecule has 0 saturated carbocycles. The quantitative estimate of drug-likeness (QED) is 0.210. The number of nitrogens with one attached hydrogen (secondary N) is 2. The van der Waals surface area contributed by atoms with Crippen LogP contribution >= 0.6 is 15.9 Å². The molecule has 6 nitrogen and oxygen atoms in total. The highest BCUT2D eigenvalue weighted by atomic mass is 79.9. The molecule has 0 aromatic heterocycles. The number of carbonyl (C=O) groups is 3. The van der Waals surface area contributed by atoms with Gasteiger partial charge in [-0.25, -0.2) is 4.79 Å². The van der Waals surface area contributed by atoms with Crippen molar-refractivity contribution in [1.82, 2.24) is 5.32 Å². The number of hydrogen-bond acceptors (Lipinski definition) is 3. The Morgan fingerprint density at radius 1 is 0.816 bits per heavy atom. The lowest BCUT2D eigenvalue weighted by Crippen LogP contribution is -2.42. The van der Waals surface area contributed by atoms with Gasteiger partial charge >= 0.3 is 5.97 Å². The number of benzene rings is 4. The van der Waals surface area contributed by atoms with Crippen molar-refractivity contribution in [2.75, 3.05) is 5.32 Å². The van der Waals surface area contributed by atoms with Crippen LogP contribution in [0.2, 0.25) is 0 Å². The summed E-state index contributed by atoms with van der Waals surface area (Å²) < 4.78 is 0.615. The van der Waals surface area contributed by atoms with E-state index < -0.39 is 23.8 Å². The first-order chi connectivity index (χ1) is 18.4. The van der Waals surface area contributed by atoms with Crippen molar-refractivity contribution in [1.29, 1.82) is 0 Å².